The van der Waals surface area contributed by atoms with Crippen LogP contribution in [0.15, 0.2) is 30.7 Å². The van der Waals surface area contributed by atoms with Crippen molar-refractivity contribution in [2.24, 2.45) is 12.5 Å². The quantitative estimate of drug-likeness (QED) is 0.669. The van der Waals surface area contributed by atoms with Crippen molar-refractivity contribution in [2.75, 3.05) is 19.4 Å². The minimum atomic E-state index is 0.430. The smallest absolute Gasteiger partial charge is 0.212 e. The van der Waals surface area contributed by atoms with Crippen molar-refractivity contribution in [3.8, 4) is 17.0 Å². The van der Waals surface area contributed by atoms with E-state index in [0.717, 1.165) is 41.5 Å². The van der Waals surface area contributed by atoms with Crippen molar-refractivity contribution in [3.63, 3.8) is 0 Å². The summed E-state index contributed by atoms with van der Waals surface area (Å²) in [6.45, 7) is 3.42. The van der Waals surface area contributed by atoms with Gasteiger partial charge in [-0.2, -0.15) is 0 Å². The van der Waals surface area contributed by atoms with Gasteiger partial charge in [0.1, 0.15) is 17.8 Å². The van der Waals surface area contributed by atoms with Crippen LogP contribution in [-0.4, -0.2) is 39.2 Å². The van der Waals surface area contributed by atoms with E-state index in [0.29, 0.717) is 23.2 Å². The van der Waals surface area contributed by atoms with Crippen LogP contribution in [0.3, 0.4) is 0 Å². The number of anilines is 1. The minimum Gasteiger partial charge on any atom is -0.481 e. The van der Waals surface area contributed by atoms with Crippen molar-refractivity contribution in [1.29, 1.82) is 0 Å². The number of hydrogen-bond donors (Lipinski definition) is 2. The zero-order valence-corrected chi connectivity index (χ0v) is 18.5. The molecule has 2 aliphatic rings. The van der Waals surface area contributed by atoms with Crippen LogP contribution in [0.5, 0.6) is 5.88 Å². The Kier molecular flexibility index (Phi) is 4.93. The first-order valence-corrected chi connectivity index (χ1v) is 11.0. The third-order valence-electron chi connectivity index (χ3n) is 7.13. The lowest BCUT2D eigenvalue weighted by Crippen LogP contribution is -2.43. The fraction of sp³-hybridized carbons (Fsp3) is 0.458. The van der Waals surface area contributed by atoms with Crippen LogP contribution in [0.1, 0.15) is 44.7 Å². The van der Waals surface area contributed by atoms with E-state index in [2.05, 4.69) is 44.9 Å². The van der Waals surface area contributed by atoms with Gasteiger partial charge in [-0.25, -0.2) is 15.0 Å². The second-order valence-corrected chi connectivity index (χ2v) is 9.07. The Morgan fingerprint density at radius 2 is 2.10 bits per heavy atom. The summed E-state index contributed by atoms with van der Waals surface area (Å²) < 4.78 is 7.43. The molecule has 1 fully saturated rings. The Bertz CT molecular complexity index is 1150. The lowest BCUT2D eigenvalue weighted by atomic mass is 9.67. The number of aromatic nitrogens is 4. The monoisotopic (exact) mass is 418 g/mol. The molecule has 3 aromatic rings. The van der Waals surface area contributed by atoms with Gasteiger partial charge in [0, 0.05) is 36.5 Å². The van der Waals surface area contributed by atoms with E-state index in [4.69, 9.17) is 10.5 Å². The number of nitrogen functional groups attached to an aromatic ring is 1. The van der Waals surface area contributed by atoms with Gasteiger partial charge < -0.3 is 20.4 Å². The largest absolute Gasteiger partial charge is 0.481 e. The molecule has 0 saturated carbocycles. The Morgan fingerprint density at radius 1 is 1.23 bits per heavy atom. The second kappa shape index (κ2) is 7.64. The number of methoxy groups -OCH3 is 1. The summed E-state index contributed by atoms with van der Waals surface area (Å²) >= 11 is 0. The Morgan fingerprint density at radius 3 is 2.77 bits per heavy atom. The molecule has 0 aromatic carbocycles. The number of fused-ring (bicyclic) bond motifs is 1. The molecule has 7 heteroatoms. The molecule has 4 heterocycles. The van der Waals surface area contributed by atoms with Crippen molar-refractivity contribution in [1.82, 2.24) is 24.8 Å². The maximum absolute atomic E-state index is 6.35. The van der Waals surface area contributed by atoms with Crippen LogP contribution in [0.4, 0.5) is 5.82 Å². The number of hydrogen-bond acceptors (Lipinski definition) is 6. The van der Waals surface area contributed by atoms with Gasteiger partial charge in [-0.3, -0.25) is 0 Å². The van der Waals surface area contributed by atoms with Gasteiger partial charge in [-0.05, 0) is 62.6 Å². The maximum Gasteiger partial charge on any atom is 0.212 e. The number of ether oxygens (including phenoxy) is 1. The third-order valence-corrected chi connectivity index (χ3v) is 7.13. The van der Waals surface area contributed by atoms with Crippen molar-refractivity contribution >= 4 is 22.4 Å². The highest BCUT2D eigenvalue weighted by Crippen LogP contribution is 2.48. The fourth-order valence-corrected chi connectivity index (χ4v) is 5.56. The van der Waals surface area contributed by atoms with Crippen molar-refractivity contribution in [2.45, 2.75) is 45.1 Å². The maximum atomic E-state index is 6.35. The van der Waals surface area contributed by atoms with Gasteiger partial charge in [-0.15, -0.1) is 0 Å². The van der Waals surface area contributed by atoms with E-state index in [-0.39, 0.29) is 0 Å². The summed E-state index contributed by atoms with van der Waals surface area (Å²) in [5, 5.41) is 4.49. The molecule has 1 spiro atoms. The van der Waals surface area contributed by atoms with E-state index in [9.17, 15) is 0 Å². The topological polar surface area (TPSA) is 90.9 Å². The van der Waals surface area contributed by atoms with Gasteiger partial charge in [0.15, 0.2) is 0 Å². The summed E-state index contributed by atoms with van der Waals surface area (Å²) in [5.41, 5.74) is 12.2. The van der Waals surface area contributed by atoms with E-state index in [1.807, 2.05) is 18.3 Å². The fourth-order valence-electron chi connectivity index (χ4n) is 5.56. The summed E-state index contributed by atoms with van der Waals surface area (Å²) in [4.78, 5) is 13.3. The lowest BCUT2D eigenvalue weighted by molar-refractivity contribution is 0.155. The third kappa shape index (κ3) is 3.37. The zero-order chi connectivity index (χ0) is 21.6. The molecular formula is C24H30N6O. The number of piperidine rings is 1. The highest BCUT2D eigenvalue weighted by Gasteiger charge is 2.37. The molecular weight excluding hydrogens is 388 g/mol. The first-order valence-electron chi connectivity index (χ1n) is 11.0. The number of nitrogens with two attached hydrogens (primary N) is 1. The first-order chi connectivity index (χ1) is 15.0. The SMILES string of the molecule is COc1ccc(-c2c(C3=CCC4(CCNC(C)C4)CC3)n(C)c3ncnc(N)c23)cn1. The standard InChI is InChI=1S/C24H30N6O/c1-15-12-24(10-11-26-15)8-6-16(7-9-24)21-19(17-4-5-18(31-3)27-13-17)20-22(25)28-14-29-23(20)30(21)2/h4-6,13-15,26H,7-12H2,1-3H3,(H2,25,28,29). The van der Waals surface area contributed by atoms with Gasteiger partial charge in [0.25, 0.3) is 0 Å². The lowest BCUT2D eigenvalue weighted by Gasteiger charge is -2.42. The Hall–Kier alpha value is -2.93. The average Bonchev–Trinajstić information content (AvgIpc) is 3.08. The molecule has 3 N–H and O–H groups in total. The van der Waals surface area contributed by atoms with Gasteiger partial charge in [0.05, 0.1) is 18.2 Å². The normalized spacial score (nSPS) is 23.8. The summed E-state index contributed by atoms with van der Waals surface area (Å²) in [5.74, 6) is 1.09. The van der Waals surface area contributed by atoms with Crippen molar-refractivity contribution in [3.05, 3.63) is 36.4 Å². The summed E-state index contributed by atoms with van der Waals surface area (Å²) in [7, 11) is 3.70. The highest BCUT2D eigenvalue weighted by atomic mass is 16.5. The predicted octanol–water partition coefficient (Wildman–Crippen LogP) is 3.95. The molecule has 0 radical (unpaired) electrons. The molecule has 0 bridgehead atoms. The Labute approximate surface area is 182 Å². The van der Waals surface area contributed by atoms with Crippen LogP contribution in [0, 0.1) is 5.41 Å². The van der Waals surface area contributed by atoms with E-state index in [1.54, 1.807) is 7.11 Å². The molecule has 5 rings (SSSR count). The van der Waals surface area contributed by atoms with E-state index >= 15 is 0 Å². The molecule has 2 atom stereocenters. The number of nitrogens with one attached hydrogen (secondary N) is 1. The molecule has 0 amide bonds. The molecule has 2 unspecified atom stereocenters. The van der Waals surface area contributed by atoms with Crippen LogP contribution < -0.4 is 15.8 Å². The summed E-state index contributed by atoms with van der Waals surface area (Å²) in [6, 6.07) is 4.52. The van der Waals surface area contributed by atoms with E-state index in [1.165, 1.54) is 36.9 Å². The van der Waals surface area contributed by atoms with Crippen molar-refractivity contribution < 1.29 is 4.74 Å². The van der Waals surface area contributed by atoms with E-state index < -0.39 is 0 Å². The number of aryl methyl sites for hydroxylation is 1. The minimum absolute atomic E-state index is 0.430. The molecule has 1 aliphatic carbocycles. The first kappa shape index (κ1) is 20.0. The molecule has 7 nitrogen and oxygen atoms in total. The molecule has 162 valence electrons. The summed E-state index contributed by atoms with van der Waals surface area (Å²) in [6.07, 6.45) is 11.7. The van der Waals surface area contributed by atoms with Gasteiger partial charge >= 0.3 is 0 Å². The molecule has 31 heavy (non-hydrogen) atoms. The highest BCUT2D eigenvalue weighted by molar-refractivity contribution is 6.05. The number of nitrogens with zero attached hydrogens (tertiary/aromatic N) is 4. The van der Waals surface area contributed by atoms with Gasteiger partial charge in [0.2, 0.25) is 5.88 Å². The number of rotatable bonds is 3. The molecule has 1 saturated heterocycles. The van der Waals surface area contributed by atoms with Crippen LogP contribution >= 0.6 is 0 Å². The van der Waals surface area contributed by atoms with Crippen LogP contribution in [0.25, 0.3) is 27.7 Å². The number of allylic oxidation sites excluding steroid dienone is 2. The van der Waals surface area contributed by atoms with Crippen LogP contribution in [-0.2, 0) is 7.05 Å². The molecule has 1 aliphatic heterocycles. The predicted molar refractivity (Wildman–Crippen MR) is 124 cm³/mol. The number of pyridine rings is 1. The molecule has 3 aromatic heterocycles. The zero-order valence-electron chi connectivity index (χ0n) is 18.5. The van der Waals surface area contributed by atoms with Crippen LogP contribution in [0.2, 0.25) is 0 Å². The average molecular weight is 419 g/mol. The second-order valence-electron chi connectivity index (χ2n) is 9.07. The van der Waals surface area contributed by atoms with Gasteiger partial charge in [-0.1, -0.05) is 6.08 Å². The Balaban J connectivity index is 1.64.